The molecule has 1 fully saturated rings. The van der Waals surface area contributed by atoms with Gasteiger partial charge in [0, 0.05) is 13.1 Å². The summed E-state index contributed by atoms with van der Waals surface area (Å²) in [5.41, 5.74) is 5.11. The van der Waals surface area contributed by atoms with Crippen molar-refractivity contribution in [1.82, 2.24) is 4.90 Å². The van der Waals surface area contributed by atoms with E-state index in [0.717, 1.165) is 25.7 Å². The van der Waals surface area contributed by atoms with Gasteiger partial charge in [-0.15, -0.1) is 0 Å². The van der Waals surface area contributed by atoms with Crippen LogP contribution in [0.4, 0.5) is 0 Å². The summed E-state index contributed by atoms with van der Waals surface area (Å²) < 4.78 is 0. The van der Waals surface area contributed by atoms with E-state index in [2.05, 4.69) is 32.9 Å². The lowest BCUT2D eigenvalue weighted by Crippen LogP contribution is -2.54. The Morgan fingerprint density at radius 2 is 1.71 bits per heavy atom. The molecule has 0 radical (unpaired) electrons. The third-order valence-corrected chi connectivity index (χ3v) is 5.12. The van der Waals surface area contributed by atoms with Gasteiger partial charge in [0.2, 0.25) is 5.91 Å². The summed E-state index contributed by atoms with van der Waals surface area (Å²) in [4.78, 5) is 14.9. The number of nitrogens with zero attached hydrogens (tertiary/aromatic N) is 2. The summed E-state index contributed by atoms with van der Waals surface area (Å²) in [6.45, 7) is 8.40. The largest absolute Gasteiger partial charge is 0.409 e. The lowest BCUT2D eigenvalue weighted by molar-refractivity contribution is -0.141. The van der Waals surface area contributed by atoms with Crippen LogP contribution in [0.1, 0.15) is 66.2 Å². The average Bonchev–Trinajstić information content (AvgIpc) is 2.69. The molecule has 0 aromatic carbocycles. The van der Waals surface area contributed by atoms with E-state index < -0.39 is 5.41 Å². The van der Waals surface area contributed by atoms with Gasteiger partial charge < -0.3 is 15.8 Å². The predicted octanol–water partition coefficient (Wildman–Crippen LogP) is 2.97. The van der Waals surface area contributed by atoms with Gasteiger partial charge in [0.1, 0.15) is 5.41 Å². The third-order valence-electron chi connectivity index (χ3n) is 5.12. The van der Waals surface area contributed by atoms with Gasteiger partial charge in [0.15, 0.2) is 5.84 Å². The number of hydrogen-bond acceptors (Lipinski definition) is 3. The van der Waals surface area contributed by atoms with Crippen molar-refractivity contribution in [2.45, 2.75) is 72.3 Å². The highest BCUT2D eigenvalue weighted by molar-refractivity contribution is 6.06. The number of amidine groups is 1. The summed E-state index contributed by atoms with van der Waals surface area (Å²) >= 11 is 0. The van der Waals surface area contributed by atoms with Crippen molar-refractivity contribution in [2.24, 2.45) is 21.7 Å². The zero-order valence-electron chi connectivity index (χ0n) is 14.1. The molecule has 0 spiro atoms. The van der Waals surface area contributed by atoms with E-state index in [4.69, 9.17) is 10.9 Å². The first-order chi connectivity index (χ1) is 9.66. The quantitative estimate of drug-likeness (QED) is 0.276. The van der Waals surface area contributed by atoms with E-state index in [1.165, 1.54) is 0 Å². The lowest BCUT2D eigenvalue weighted by atomic mass is 9.76. The standard InChI is InChI=1S/C16H31N3O2/c1-12(15(2,3)4)19(5)14(20)16(13(17)18-21)10-8-6-7-9-11-16/h12,21H,6-11H2,1-5H3,(H2,17,18). The van der Waals surface area contributed by atoms with E-state index in [9.17, 15) is 4.79 Å². The van der Waals surface area contributed by atoms with Crippen LogP contribution in [0.15, 0.2) is 5.16 Å². The van der Waals surface area contributed by atoms with Crippen LogP contribution in [-0.2, 0) is 4.79 Å². The van der Waals surface area contributed by atoms with Gasteiger partial charge in [0.25, 0.3) is 0 Å². The van der Waals surface area contributed by atoms with Crippen LogP contribution >= 0.6 is 0 Å². The summed E-state index contributed by atoms with van der Waals surface area (Å²) in [5.74, 6) is 0.0597. The summed E-state index contributed by atoms with van der Waals surface area (Å²) in [5, 5.41) is 12.4. The SMILES string of the molecule is CC(N(C)C(=O)C1(C(N)=NO)CCCCCC1)C(C)(C)C. The highest BCUT2D eigenvalue weighted by Crippen LogP contribution is 2.38. The molecule has 3 N–H and O–H groups in total. The highest BCUT2D eigenvalue weighted by Gasteiger charge is 2.46. The van der Waals surface area contributed by atoms with Crippen molar-refractivity contribution in [2.75, 3.05) is 7.05 Å². The van der Waals surface area contributed by atoms with Crippen LogP contribution in [0.2, 0.25) is 0 Å². The Balaban J connectivity index is 3.11. The van der Waals surface area contributed by atoms with Crippen molar-refractivity contribution in [1.29, 1.82) is 0 Å². The first-order valence-corrected chi connectivity index (χ1v) is 7.92. The molecule has 1 aliphatic rings. The third kappa shape index (κ3) is 3.69. The molecule has 21 heavy (non-hydrogen) atoms. The van der Waals surface area contributed by atoms with Gasteiger partial charge in [-0.25, -0.2) is 0 Å². The van der Waals surface area contributed by atoms with Crippen molar-refractivity contribution < 1.29 is 10.0 Å². The lowest BCUT2D eigenvalue weighted by Gasteiger charge is -2.41. The zero-order valence-corrected chi connectivity index (χ0v) is 14.1. The van der Waals surface area contributed by atoms with Crippen LogP contribution in [-0.4, -0.2) is 34.9 Å². The van der Waals surface area contributed by atoms with Crippen LogP contribution in [0.5, 0.6) is 0 Å². The molecule has 5 heteroatoms. The Kier molecular flexibility index (Phi) is 5.65. The van der Waals surface area contributed by atoms with E-state index in [-0.39, 0.29) is 23.2 Å². The van der Waals surface area contributed by atoms with Gasteiger partial charge in [0.05, 0.1) is 0 Å². The number of amides is 1. The Bertz CT molecular complexity index is 391. The summed E-state index contributed by atoms with van der Waals surface area (Å²) in [6, 6.07) is 0.0802. The van der Waals surface area contributed by atoms with Gasteiger partial charge in [-0.2, -0.15) is 0 Å². The molecular weight excluding hydrogens is 266 g/mol. The topological polar surface area (TPSA) is 78.9 Å². The van der Waals surface area contributed by atoms with Gasteiger partial charge in [-0.3, -0.25) is 4.79 Å². The van der Waals surface area contributed by atoms with E-state index in [0.29, 0.717) is 12.8 Å². The molecule has 5 nitrogen and oxygen atoms in total. The van der Waals surface area contributed by atoms with Crippen LogP contribution in [0.25, 0.3) is 0 Å². The second kappa shape index (κ2) is 6.67. The second-order valence-corrected chi connectivity index (χ2v) is 7.44. The van der Waals surface area contributed by atoms with Gasteiger partial charge >= 0.3 is 0 Å². The van der Waals surface area contributed by atoms with Crippen molar-refractivity contribution in [3.8, 4) is 0 Å². The fraction of sp³-hybridized carbons (Fsp3) is 0.875. The molecule has 0 saturated heterocycles. The maximum Gasteiger partial charge on any atom is 0.236 e. The molecule has 122 valence electrons. The van der Waals surface area contributed by atoms with E-state index >= 15 is 0 Å². The molecule has 0 heterocycles. The number of carbonyl (C=O) groups excluding carboxylic acids is 1. The average molecular weight is 297 g/mol. The van der Waals surface area contributed by atoms with Crippen LogP contribution in [0.3, 0.4) is 0 Å². The number of hydrogen-bond donors (Lipinski definition) is 2. The van der Waals surface area contributed by atoms with Crippen molar-refractivity contribution in [3.05, 3.63) is 0 Å². The number of rotatable bonds is 3. The molecule has 1 amide bonds. The molecule has 1 atom stereocenters. The molecule has 0 aliphatic heterocycles. The monoisotopic (exact) mass is 297 g/mol. The highest BCUT2D eigenvalue weighted by atomic mass is 16.4. The Morgan fingerprint density at radius 3 is 2.10 bits per heavy atom. The van der Waals surface area contributed by atoms with Crippen molar-refractivity contribution >= 4 is 11.7 Å². The molecule has 0 aromatic heterocycles. The molecule has 0 bridgehead atoms. The van der Waals surface area contributed by atoms with Crippen LogP contribution in [0, 0.1) is 10.8 Å². The maximum atomic E-state index is 13.1. The maximum absolute atomic E-state index is 13.1. The number of nitrogens with two attached hydrogens (primary N) is 1. The van der Waals surface area contributed by atoms with E-state index in [1.54, 1.807) is 4.90 Å². The van der Waals surface area contributed by atoms with Crippen molar-refractivity contribution in [3.63, 3.8) is 0 Å². The van der Waals surface area contributed by atoms with E-state index in [1.807, 2.05) is 7.05 Å². The minimum atomic E-state index is -0.834. The summed E-state index contributed by atoms with van der Waals surface area (Å²) in [7, 11) is 1.83. The minimum absolute atomic E-state index is 0.0119. The summed E-state index contributed by atoms with van der Waals surface area (Å²) in [6.07, 6.45) is 5.43. The number of carbonyl (C=O) groups is 1. The first-order valence-electron chi connectivity index (χ1n) is 7.92. The van der Waals surface area contributed by atoms with Crippen LogP contribution < -0.4 is 5.73 Å². The Morgan fingerprint density at radius 1 is 1.24 bits per heavy atom. The molecule has 1 unspecified atom stereocenters. The molecule has 1 aliphatic carbocycles. The Hall–Kier alpha value is -1.26. The molecule has 1 rings (SSSR count). The Labute approximate surface area is 128 Å². The molecule has 1 saturated carbocycles. The van der Waals surface area contributed by atoms with Gasteiger partial charge in [-0.05, 0) is 25.2 Å². The normalized spacial score (nSPS) is 21.5. The predicted molar refractivity (Wildman–Crippen MR) is 85.2 cm³/mol. The zero-order chi connectivity index (χ0) is 16.3. The van der Waals surface area contributed by atoms with Gasteiger partial charge in [-0.1, -0.05) is 51.6 Å². The first kappa shape index (κ1) is 17.8. The smallest absolute Gasteiger partial charge is 0.236 e. The molecular formula is C16H31N3O2. The number of oxime groups is 1. The fourth-order valence-corrected chi connectivity index (χ4v) is 3.10. The minimum Gasteiger partial charge on any atom is -0.409 e. The fourth-order valence-electron chi connectivity index (χ4n) is 3.10. The molecule has 0 aromatic rings. The second-order valence-electron chi connectivity index (χ2n) is 7.44.